The van der Waals surface area contributed by atoms with Gasteiger partial charge in [-0.25, -0.2) is 0 Å². The minimum Gasteiger partial charge on any atom is -0.340 e. The fourth-order valence-corrected chi connectivity index (χ4v) is 4.08. The molecule has 3 rings (SSSR count). The Morgan fingerprint density at radius 3 is 2.29 bits per heavy atom. The summed E-state index contributed by atoms with van der Waals surface area (Å²) >= 11 is 1.64. The van der Waals surface area contributed by atoms with Gasteiger partial charge in [0.2, 0.25) is 11.8 Å². The van der Waals surface area contributed by atoms with Crippen LogP contribution in [0.3, 0.4) is 0 Å². The number of hydrogen-bond donors (Lipinski definition) is 1. The van der Waals surface area contributed by atoms with Crippen molar-refractivity contribution >= 4 is 29.3 Å². The summed E-state index contributed by atoms with van der Waals surface area (Å²) in [5.41, 5.74) is 0.829. The standard InChI is InChI=1S/C22H27N3O2S/c1-17(2)22(27)25-14-12-24(13-15-25)16-21(26)23-19-10-6-7-11-20(19)28-18-8-4-3-5-9-18/h3-11,17H,12-16H2,1-2H3,(H,23,26). The lowest BCUT2D eigenvalue weighted by Crippen LogP contribution is -2.51. The molecule has 1 aliphatic rings. The Morgan fingerprint density at radius 2 is 1.61 bits per heavy atom. The first-order valence-corrected chi connectivity index (χ1v) is 10.5. The molecular formula is C22H27N3O2S. The van der Waals surface area contributed by atoms with Gasteiger partial charge < -0.3 is 10.2 Å². The smallest absolute Gasteiger partial charge is 0.238 e. The zero-order valence-corrected chi connectivity index (χ0v) is 17.2. The predicted octanol–water partition coefficient (Wildman–Crippen LogP) is 3.58. The van der Waals surface area contributed by atoms with Gasteiger partial charge in [-0.1, -0.05) is 55.9 Å². The van der Waals surface area contributed by atoms with Crippen molar-refractivity contribution in [3.05, 3.63) is 54.6 Å². The summed E-state index contributed by atoms with van der Waals surface area (Å²) in [7, 11) is 0. The lowest BCUT2D eigenvalue weighted by Gasteiger charge is -2.35. The van der Waals surface area contributed by atoms with Crippen LogP contribution in [0.5, 0.6) is 0 Å². The first-order valence-electron chi connectivity index (χ1n) is 9.66. The molecule has 1 N–H and O–H groups in total. The van der Waals surface area contributed by atoms with Gasteiger partial charge in [0.1, 0.15) is 0 Å². The largest absolute Gasteiger partial charge is 0.340 e. The van der Waals surface area contributed by atoms with Gasteiger partial charge in [-0.05, 0) is 24.3 Å². The van der Waals surface area contributed by atoms with E-state index >= 15 is 0 Å². The topological polar surface area (TPSA) is 52.7 Å². The lowest BCUT2D eigenvalue weighted by atomic mass is 10.1. The highest BCUT2D eigenvalue weighted by atomic mass is 32.2. The van der Waals surface area contributed by atoms with Crippen molar-refractivity contribution in [2.45, 2.75) is 23.6 Å². The normalized spacial score (nSPS) is 14.9. The number of benzene rings is 2. The Hall–Kier alpha value is -2.31. The monoisotopic (exact) mass is 397 g/mol. The van der Waals surface area contributed by atoms with Crippen LogP contribution in [0.1, 0.15) is 13.8 Å². The lowest BCUT2D eigenvalue weighted by molar-refractivity contribution is -0.136. The van der Waals surface area contributed by atoms with Crippen LogP contribution < -0.4 is 5.32 Å². The van der Waals surface area contributed by atoms with Crippen LogP contribution in [0, 0.1) is 5.92 Å². The van der Waals surface area contributed by atoms with Gasteiger partial charge in [0.15, 0.2) is 0 Å². The third-order valence-electron chi connectivity index (χ3n) is 4.68. The summed E-state index contributed by atoms with van der Waals surface area (Å²) in [6.45, 7) is 7.02. The summed E-state index contributed by atoms with van der Waals surface area (Å²) in [5, 5.41) is 3.05. The highest BCUT2D eigenvalue weighted by Crippen LogP contribution is 2.33. The van der Waals surface area contributed by atoms with Crippen molar-refractivity contribution in [1.82, 2.24) is 9.80 Å². The van der Waals surface area contributed by atoms with Crippen LogP contribution in [0.4, 0.5) is 5.69 Å². The van der Waals surface area contributed by atoms with E-state index in [-0.39, 0.29) is 17.7 Å². The first-order chi connectivity index (χ1) is 13.5. The zero-order chi connectivity index (χ0) is 19.9. The number of nitrogens with zero attached hydrogens (tertiary/aromatic N) is 2. The molecule has 2 aromatic carbocycles. The minimum absolute atomic E-state index is 0.0217. The maximum Gasteiger partial charge on any atom is 0.238 e. The first kappa shape index (κ1) is 20.4. The quantitative estimate of drug-likeness (QED) is 0.810. The van der Waals surface area contributed by atoms with E-state index in [4.69, 9.17) is 0 Å². The summed E-state index contributed by atoms with van der Waals surface area (Å²) < 4.78 is 0. The molecule has 0 aromatic heterocycles. The third kappa shape index (κ3) is 5.59. The van der Waals surface area contributed by atoms with Gasteiger partial charge in [0.05, 0.1) is 12.2 Å². The molecule has 2 amide bonds. The molecule has 0 radical (unpaired) electrons. The van der Waals surface area contributed by atoms with Crippen molar-refractivity contribution < 1.29 is 9.59 Å². The number of rotatable bonds is 6. The summed E-state index contributed by atoms with van der Waals surface area (Å²) in [6.07, 6.45) is 0. The van der Waals surface area contributed by atoms with Crippen molar-refractivity contribution in [2.75, 3.05) is 38.0 Å². The number of hydrogen-bond acceptors (Lipinski definition) is 4. The van der Waals surface area contributed by atoms with E-state index in [1.165, 1.54) is 0 Å². The molecule has 0 spiro atoms. The average molecular weight is 398 g/mol. The van der Waals surface area contributed by atoms with E-state index in [0.717, 1.165) is 28.6 Å². The Labute approximate surface area is 171 Å². The van der Waals surface area contributed by atoms with Crippen LogP contribution in [0.15, 0.2) is 64.4 Å². The number of para-hydroxylation sites is 1. The van der Waals surface area contributed by atoms with Crippen LogP contribution in [0.25, 0.3) is 0 Å². The van der Waals surface area contributed by atoms with Crippen molar-refractivity contribution in [3.8, 4) is 0 Å². The van der Waals surface area contributed by atoms with Crippen molar-refractivity contribution in [3.63, 3.8) is 0 Å². The fraction of sp³-hybridized carbons (Fsp3) is 0.364. The molecule has 5 nitrogen and oxygen atoms in total. The zero-order valence-electron chi connectivity index (χ0n) is 16.4. The molecule has 1 aliphatic heterocycles. The Morgan fingerprint density at radius 1 is 0.964 bits per heavy atom. The van der Waals surface area contributed by atoms with Crippen LogP contribution in [-0.4, -0.2) is 54.3 Å². The number of carbonyl (C=O) groups excluding carboxylic acids is 2. The molecule has 0 unspecified atom stereocenters. The molecule has 6 heteroatoms. The number of nitrogens with one attached hydrogen (secondary N) is 1. The molecule has 1 saturated heterocycles. The van der Waals surface area contributed by atoms with Gasteiger partial charge >= 0.3 is 0 Å². The number of piperazine rings is 1. The van der Waals surface area contributed by atoms with Gasteiger partial charge in [0, 0.05) is 41.9 Å². The second-order valence-electron chi connectivity index (χ2n) is 7.22. The van der Waals surface area contributed by atoms with Crippen LogP contribution in [-0.2, 0) is 9.59 Å². The summed E-state index contributed by atoms with van der Waals surface area (Å²) in [5.74, 6) is 0.189. The Kier molecular flexibility index (Phi) is 7.12. The Bertz CT molecular complexity index is 802. The second-order valence-corrected chi connectivity index (χ2v) is 8.33. The highest BCUT2D eigenvalue weighted by molar-refractivity contribution is 7.99. The fourth-order valence-electron chi connectivity index (χ4n) is 3.16. The summed E-state index contributed by atoms with van der Waals surface area (Å²) in [4.78, 5) is 30.8. The van der Waals surface area contributed by atoms with Crippen LogP contribution in [0.2, 0.25) is 0 Å². The molecule has 1 heterocycles. The van der Waals surface area contributed by atoms with E-state index in [2.05, 4.69) is 22.3 Å². The molecule has 1 fully saturated rings. The molecular weight excluding hydrogens is 370 g/mol. The third-order valence-corrected chi connectivity index (χ3v) is 5.76. The van der Waals surface area contributed by atoms with E-state index in [0.29, 0.717) is 19.6 Å². The van der Waals surface area contributed by atoms with Crippen LogP contribution >= 0.6 is 11.8 Å². The van der Waals surface area contributed by atoms with E-state index in [1.807, 2.05) is 61.2 Å². The van der Waals surface area contributed by atoms with Gasteiger partial charge in [0.25, 0.3) is 0 Å². The minimum atomic E-state index is -0.0234. The van der Waals surface area contributed by atoms with E-state index < -0.39 is 0 Å². The molecule has 28 heavy (non-hydrogen) atoms. The van der Waals surface area contributed by atoms with Gasteiger partial charge in [-0.3, -0.25) is 14.5 Å². The maximum absolute atomic E-state index is 12.6. The Balaban J connectivity index is 1.54. The SMILES string of the molecule is CC(C)C(=O)N1CCN(CC(=O)Nc2ccccc2Sc2ccccc2)CC1. The molecule has 2 aromatic rings. The number of anilines is 1. The summed E-state index contributed by atoms with van der Waals surface area (Å²) in [6, 6.07) is 18.0. The molecule has 0 bridgehead atoms. The van der Waals surface area contributed by atoms with Gasteiger partial charge in [-0.2, -0.15) is 0 Å². The van der Waals surface area contributed by atoms with Crippen molar-refractivity contribution in [1.29, 1.82) is 0 Å². The van der Waals surface area contributed by atoms with E-state index in [9.17, 15) is 9.59 Å². The molecule has 0 saturated carbocycles. The highest BCUT2D eigenvalue weighted by Gasteiger charge is 2.24. The number of carbonyl (C=O) groups is 2. The molecule has 148 valence electrons. The molecule has 0 aliphatic carbocycles. The average Bonchev–Trinajstić information content (AvgIpc) is 2.70. The predicted molar refractivity (Wildman–Crippen MR) is 113 cm³/mol. The van der Waals surface area contributed by atoms with E-state index in [1.54, 1.807) is 11.8 Å². The van der Waals surface area contributed by atoms with Gasteiger partial charge in [-0.15, -0.1) is 0 Å². The maximum atomic E-state index is 12.6. The second kappa shape index (κ2) is 9.75. The molecule has 0 atom stereocenters. The number of amides is 2. The van der Waals surface area contributed by atoms with Crippen molar-refractivity contribution in [2.24, 2.45) is 5.92 Å².